The lowest BCUT2D eigenvalue weighted by atomic mass is 10.0. The van der Waals surface area contributed by atoms with Crippen LogP contribution in [-0.2, 0) is 6.42 Å². The summed E-state index contributed by atoms with van der Waals surface area (Å²) in [7, 11) is 0. The van der Waals surface area contributed by atoms with Crippen molar-refractivity contribution < 1.29 is 5.11 Å². The molecule has 0 saturated heterocycles. The van der Waals surface area contributed by atoms with Crippen LogP contribution in [0.25, 0.3) is 16.9 Å². The second kappa shape index (κ2) is 10.8. The summed E-state index contributed by atoms with van der Waals surface area (Å²) in [6.45, 7) is 8.41. The molecule has 178 valence electrons. The second-order valence-corrected chi connectivity index (χ2v) is 9.00. The number of hydrogen-bond acceptors (Lipinski definition) is 5. The predicted octanol–water partition coefficient (Wildman–Crippen LogP) is 6.01. The summed E-state index contributed by atoms with van der Waals surface area (Å²) in [6, 6.07) is 8.00. The van der Waals surface area contributed by atoms with E-state index >= 15 is 0 Å². The highest BCUT2D eigenvalue weighted by atomic mass is 16.3. The van der Waals surface area contributed by atoms with Crippen molar-refractivity contribution in [2.75, 3.05) is 11.9 Å². The molecule has 2 N–H and O–H groups in total. The van der Waals surface area contributed by atoms with Gasteiger partial charge in [-0.2, -0.15) is 9.78 Å². The molecule has 0 spiro atoms. The number of nitrogens with zero attached hydrogens (tertiary/aromatic N) is 4. The van der Waals surface area contributed by atoms with Gasteiger partial charge in [0.15, 0.2) is 5.82 Å². The van der Waals surface area contributed by atoms with E-state index in [0.717, 1.165) is 64.6 Å². The number of pyridine rings is 2. The lowest BCUT2D eigenvalue weighted by Crippen LogP contribution is -2.10. The zero-order valence-electron chi connectivity index (χ0n) is 20.7. The van der Waals surface area contributed by atoms with E-state index in [-0.39, 0.29) is 6.61 Å². The van der Waals surface area contributed by atoms with Crippen LogP contribution in [0.3, 0.4) is 0 Å². The largest absolute Gasteiger partial charge is 0.392 e. The van der Waals surface area contributed by atoms with Crippen LogP contribution < -0.4 is 5.32 Å². The molecule has 0 aromatic carbocycles. The minimum Gasteiger partial charge on any atom is -0.392 e. The molecule has 3 heterocycles. The van der Waals surface area contributed by atoms with Crippen LogP contribution >= 0.6 is 0 Å². The maximum atomic E-state index is 10.2. The zero-order chi connectivity index (χ0) is 24.1. The Morgan fingerprint density at radius 1 is 1.21 bits per heavy atom. The van der Waals surface area contributed by atoms with Crippen molar-refractivity contribution in [1.29, 1.82) is 0 Å². The van der Waals surface area contributed by atoms with Gasteiger partial charge in [0, 0.05) is 35.4 Å². The molecule has 6 nitrogen and oxygen atoms in total. The molecule has 0 aliphatic heterocycles. The van der Waals surface area contributed by atoms with Crippen molar-refractivity contribution in [3.05, 3.63) is 77.0 Å². The molecule has 3 aromatic rings. The van der Waals surface area contributed by atoms with Crippen molar-refractivity contribution in [1.82, 2.24) is 19.7 Å². The summed E-state index contributed by atoms with van der Waals surface area (Å²) < 4.78 is 1.91. The van der Waals surface area contributed by atoms with Gasteiger partial charge in [-0.15, -0.1) is 0 Å². The van der Waals surface area contributed by atoms with E-state index in [1.54, 1.807) is 12.4 Å². The standard InChI is InChI=1S/C28H35N5O/c1-5-9-25-26(23-11-8-14-29-17-23)28(33(32-25)27-19(3)10-7-15-30-27)31-20(4)24(18-34)16-21(6-2)22-12-13-22/h7-8,10-11,14-17,22,31,34H,5-6,9,12-13,18H2,1-4H3/b21-16+,24-20-. The quantitative estimate of drug-likeness (QED) is 0.364. The van der Waals surface area contributed by atoms with Crippen LogP contribution in [0.15, 0.2) is 65.8 Å². The highest BCUT2D eigenvalue weighted by Gasteiger charge is 2.25. The molecule has 0 radical (unpaired) electrons. The number of anilines is 1. The van der Waals surface area contributed by atoms with Crippen LogP contribution in [0.1, 0.15) is 57.7 Å². The molecular formula is C28H35N5O. The molecule has 0 atom stereocenters. The summed E-state index contributed by atoms with van der Waals surface area (Å²) in [5.41, 5.74) is 7.32. The Labute approximate surface area is 202 Å². The van der Waals surface area contributed by atoms with Crippen molar-refractivity contribution in [3.8, 4) is 16.9 Å². The molecule has 0 unspecified atom stereocenters. The predicted molar refractivity (Wildman–Crippen MR) is 138 cm³/mol. The Hall–Kier alpha value is -3.25. The molecule has 0 amide bonds. The molecule has 1 aliphatic rings. The fourth-order valence-electron chi connectivity index (χ4n) is 4.37. The fourth-order valence-corrected chi connectivity index (χ4v) is 4.37. The summed E-state index contributed by atoms with van der Waals surface area (Å²) >= 11 is 0. The van der Waals surface area contributed by atoms with Gasteiger partial charge in [-0.1, -0.05) is 44.1 Å². The molecule has 1 aliphatic carbocycles. The van der Waals surface area contributed by atoms with Gasteiger partial charge in [0.2, 0.25) is 0 Å². The Morgan fingerprint density at radius 2 is 2.00 bits per heavy atom. The van der Waals surface area contributed by atoms with Crippen LogP contribution in [-0.4, -0.2) is 31.5 Å². The number of aliphatic hydroxyl groups excluding tert-OH is 1. The minimum absolute atomic E-state index is 0.0180. The first-order valence-electron chi connectivity index (χ1n) is 12.3. The smallest absolute Gasteiger partial charge is 0.158 e. The molecule has 6 heteroatoms. The van der Waals surface area contributed by atoms with E-state index < -0.39 is 0 Å². The second-order valence-electron chi connectivity index (χ2n) is 9.00. The maximum absolute atomic E-state index is 10.2. The molecule has 1 fully saturated rings. The first-order valence-corrected chi connectivity index (χ1v) is 12.3. The number of rotatable bonds is 10. The SMILES string of the molecule is CCCc1nn(-c2ncccc2C)c(N/C(C)=C(/C=C(\CC)C2CC2)CO)c1-c1cccnc1. The lowest BCUT2D eigenvalue weighted by molar-refractivity contribution is 0.333. The first-order chi connectivity index (χ1) is 16.6. The van der Waals surface area contributed by atoms with E-state index in [4.69, 9.17) is 5.10 Å². The Kier molecular flexibility index (Phi) is 7.58. The average molecular weight is 458 g/mol. The summed E-state index contributed by atoms with van der Waals surface area (Å²) in [4.78, 5) is 9.02. The highest BCUT2D eigenvalue weighted by molar-refractivity contribution is 5.80. The Bertz CT molecular complexity index is 1190. The van der Waals surface area contributed by atoms with E-state index in [9.17, 15) is 5.11 Å². The van der Waals surface area contributed by atoms with Gasteiger partial charge in [0.25, 0.3) is 0 Å². The number of nitrogens with one attached hydrogen (secondary N) is 1. The number of aromatic nitrogens is 4. The van der Waals surface area contributed by atoms with Crippen LogP contribution in [0.2, 0.25) is 0 Å². The number of hydrogen-bond donors (Lipinski definition) is 2. The number of allylic oxidation sites excluding steroid dienone is 2. The molecule has 1 saturated carbocycles. The maximum Gasteiger partial charge on any atom is 0.158 e. The van der Waals surface area contributed by atoms with Crippen LogP contribution in [0.4, 0.5) is 5.82 Å². The average Bonchev–Trinajstić information content (AvgIpc) is 3.64. The van der Waals surface area contributed by atoms with Crippen molar-refractivity contribution in [2.24, 2.45) is 5.92 Å². The first kappa shape index (κ1) is 23.9. The topological polar surface area (TPSA) is 75.9 Å². The number of aliphatic hydroxyl groups is 1. The summed E-state index contributed by atoms with van der Waals surface area (Å²) in [5.74, 6) is 2.31. The lowest BCUT2D eigenvalue weighted by Gasteiger charge is -2.16. The van der Waals surface area contributed by atoms with Gasteiger partial charge in [0.1, 0.15) is 5.82 Å². The minimum atomic E-state index is -0.0180. The van der Waals surface area contributed by atoms with Gasteiger partial charge in [-0.25, -0.2) is 4.98 Å². The third kappa shape index (κ3) is 5.12. The van der Waals surface area contributed by atoms with Crippen LogP contribution in [0.5, 0.6) is 0 Å². The van der Waals surface area contributed by atoms with E-state index in [2.05, 4.69) is 41.3 Å². The summed E-state index contributed by atoms with van der Waals surface area (Å²) in [6.07, 6.45) is 13.0. The number of aryl methyl sites for hydroxylation is 2. The van der Waals surface area contributed by atoms with E-state index in [1.165, 1.54) is 18.4 Å². The van der Waals surface area contributed by atoms with Gasteiger partial charge in [0.05, 0.1) is 12.3 Å². The molecule has 0 bridgehead atoms. The molecule has 3 aromatic heterocycles. The van der Waals surface area contributed by atoms with Crippen LogP contribution in [0, 0.1) is 12.8 Å². The van der Waals surface area contributed by atoms with Crippen molar-refractivity contribution in [3.63, 3.8) is 0 Å². The molecular weight excluding hydrogens is 422 g/mol. The monoisotopic (exact) mass is 457 g/mol. The molecule has 34 heavy (non-hydrogen) atoms. The van der Waals surface area contributed by atoms with Crippen molar-refractivity contribution in [2.45, 2.75) is 59.8 Å². The van der Waals surface area contributed by atoms with Gasteiger partial charge in [-0.3, -0.25) is 4.98 Å². The highest BCUT2D eigenvalue weighted by Crippen LogP contribution is 2.39. The van der Waals surface area contributed by atoms with E-state index in [0.29, 0.717) is 5.92 Å². The zero-order valence-corrected chi connectivity index (χ0v) is 20.7. The third-order valence-corrected chi connectivity index (χ3v) is 6.40. The third-order valence-electron chi connectivity index (χ3n) is 6.40. The normalized spacial score (nSPS) is 14.8. The molecule has 4 rings (SSSR count). The Balaban J connectivity index is 1.89. The van der Waals surface area contributed by atoms with Gasteiger partial charge >= 0.3 is 0 Å². The van der Waals surface area contributed by atoms with Gasteiger partial charge in [-0.05, 0) is 68.7 Å². The fraction of sp³-hybridized carbons (Fsp3) is 0.393. The van der Waals surface area contributed by atoms with Gasteiger partial charge < -0.3 is 10.4 Å². The summed E-state index contributed by atoms with van der Waals surface area (Å²) in [5, 5.41) is 18.9. The Morgan fingerprint density at radius 3 is 2.62 bits per heavy atom. The van der Waals surface area contributed by atoms with E-state index in [1.807, 2.05) is 42.9 Å². The van der Waals surface area contributed by atoms with Crippen molar-refractivity contribution >= 4 is 5.82 Å².